The van der Waals surface area contributed by atoms with E-state index in [1.165, 1.54) is 5.56 Å². The summed E-state index contributed by atoms with van der Waals surface area (Å²) in [6.45, 7) is -1.44. The Hall–Kier alpha value is -1.56. The Balaban J connectivity index is 1.97. The summed E-state index contributed by atoms with van der Waals surface area (Å²) in [5.41, 5.74) is 2.33. The molecule has 3 nitrogen and oxygen atoms in total. The number of alkyl halides is 3. The molecule has 1 unspecified atom stereocenters. The number of nitrogens with zero attached hydrogens (tertiary/aromatic N) is 1. The second-order valence-corrected chi connectivity index (χ2v) is 5.33. The molecule has 1 aliphatic carbocycles. The maximum absolute atomic E-state index is 12.1. The summed E-state index contributed by atoms with van der Waals surface area (Å²) in [6, 6.07) is 7.88. The van der Waals surface area contributed by atoms with Gasteiger partial charge in [-0.05, 0) is 30.4 Å². The van der Waals surface area contributed by atoms with Crippen molar-refractivity contribution >= 4 is 5.91 Å². The topological polar surface area (TPSA) is 32.3 Å². The molecule has 1 N–H and O–H groups in total. The van der Waals surface area contributed by atoms with Gasteiger partial charge in [0.15, 0.2) is 0 Å². The Kier molecular flexibility index (Phi) is 4.88. The molecule has 1 aromatic rings. The molecule has 0 fully saturated rings. The number of benzene rings is 1. The molecule has 1 aromatic carbocycles. The Morgan fingerprint density at radius 2 is 2.10 bits per heavy atom. The molecule has 0 heterocycles. The van der Waals surface area contributed by atoms with Crippen LogP contribution in [0, 0.1) is 0 Å². The Bertz CT molecular complexity index is 502. The SMILES string of the molecule is CN(C(=O)CNCC(F)(F)F)C1CCCc2ccccc21. The van der Waals surface area contributed by atoms with Gasteiger partial charge < -0.3 is 10.2 Å². The first-order valence-electron chi connectivity index (χ1n) is 6.99. The quantitative estimate of drug-likeness (QED) is 0.927. The Morgan fingerprint density at radius 3 is 2.81 bits per heavy atom. The second kappa shape index (κ2) is 6.47. The van der Waals surface area contributed by atoms with Gasteiger partial charge >= 0.3 is 6.18 Å². The van der Waals surface area contributed by atoms with E-state index in [4.69, 9.17) is 0 Å². The zero-order valence-corrected chi connectivity index (χ0v) is 11.9. The lowest BCUT2D eigenvalue weighted by Gasteiger charge is -2.33. The number of fused-ring (bicyclic) bond motifs is 1. The highest BCUT2D eigenvalue weighted by molar-refractivity contribution is 5.78. The Labute approximate surface area is 122 Å². The summed E-state index contributed by atoms with van der Waals surface area (Å²) in [4.78, 5) is 13.6. The van der Waals surface area contributed by atoms with Crippen LogP contribution < -0.4 is 5.32 Å². The normalized spacial score (nSPS) is 18.2. The van der Waals surface area contributed by atoms with Crippen molar-refractivity contribution in [3.05, 3.63) is 35.4 Å². The van der Waals surface area contributed by atoms with Crippen molar-refractivity contribution in [3.8, 4) is 0 Å². The van der Waals surface area contributed by atoms with E-state index in [0.717, 1.165) is 24.8 Å². The standard InChI is InChI=1S/C15H19F3N2O/c1-20(14(21)9-19-10-15(16,17)18)13-8-4-6-11-5-2-3-7-12(11)13/h2-3,5,7,13,19H,4,6,8-10H2,1H3. The molecule has 116 valence electrons. The number of hydrogen-bond acceptors (Lipinski definition) is 2. The molecule has 0 radical (unpaired) electrons. The molecule has 0 saturated carbocycles. The van der Waals surface area contributed by atoms with Gasteiger partial charge in [0.25, 0.3) is 0 Å². The molecule has 0 bridgehead atoms. The molecular formula is C15H19F3N2O. The highest BCUT2D eigenvalue weighted by Crippen LogP contribution is 2.33. The van der Waals surface area contributed by atoms with Gasteiger partial charge in [-0.15, -0.1) is 0 Å². The van der Waals surface area contributed by atoms with Crippen molar-refractivity contribution in [2.45, 2.75) is 31.5 Å². The van der Waals surface area contributed by atoms with Crippen LogP contribution in [-0.2, 0) is 11.2 Å². The fourth-order valence-electron chi connectivity index (χ4n) is 2.74. The maximum atomic E-state index is 12.1. The van der Waals surface area contributed by atoms with Crippen molar-refractivity contribution < 1.29 is 18.0 Å². The van der Waals surface area contributed by atoms with Gasteiger partial charge in [0, 0.05) is 7.05 Å². The van der Waals surface area contributed by atoms with E-state index in [2.05, 4.69) is 5.32 Å². The average Bonchev–Trinajstić information content (AvgIpc) is 2.44. The number of rotatable bonds is 4. The zero-order valence-electron chi connectivity index (χ0n) is 11.9. The van der Waals surface area contributed by atoms with Gasteiger partial charge in [0.1, 0.15) is 0 Å². The van der Waals surface area contributed by atoms with Crippen LogP contribution in [0.2, 0.25) is 0 Å². The van der Waals surface area contributed by atoms with Crippen LogP contribution >= 0.6 is 0 Å². The number of halogens is 3. The largest absolute Gasteiger partial charge is 0.401 e. The minimum Gasteiger partial charge on any atom is -0.338 e. The monoisotopic (exact) mass is 300 g/mol. The summed E-state index contributed by atoms with van der Waals surface area (Å²) in [6.07, 6.45) is -1.48. The molecule has 2 rings (SSSR count). The number of aryl methyl sites for hydroxylation is 1. The van der Waals surface area contributed by atoms with Crippen LogP contribution in [0.5, 0.6) is 0 Å². The van der Waals surface area contributed by atoms with Gasteiger partial charge in [-0.3, -0.25) is 4.79 Å². The highest BCUT2D eigenvalue weighted by atomic mass is 19.4. The van der Waals surface area contributed by atoms with Crippen LogP contribution in [0.25, 0.3) is 0 Å². The number of carbonyl (C=O) groups is 1. The van der Waals surface area contributed by atoms with Crippen LogP contribution in [0.4, 0.5) is 13.2 Å². The van der Waals surface area contributed by atoms with Crippen molar-refractivity contribution in [2.24, 2.45) is 0 Å². The summed E-state index contributed by atoms with van der Waals surface area (Å²) in [5, 5.41) is 2.15. The second-order valence-electron chi connectivity index (χ2n) is 5.33. The molecule has 0 saturated heterocycles. The molecular weight excluding hydrogens is 281 g/mol. The minimum absolute atomic E-state index is 0.0462. The van der Waals surface area contributed by atoms with Crippen molar-refractivity contribution in [1.82, 2.24) is 10.2 Å². The van der Waals surface area contributed by atoms with Gasteiger partial charge in [-0.1, -0.05) is 24.3 Å². The lowest BCUT2D eigenvalue weighted by Crippen LogP contribution is -2.41. The van der Waals surface area contributed by atoms with E-state index in [0.29, 0.717) is 0 Å². The first-order valence-corrected chi connectivity index (χ1v) is 6.99. The third-order valence-corrected chi connectivity index (χ3v) is 3.80. The third kappa shape index (κ3) is 4.20. The van der Waals surface area contributed by atoms with Crippen molar-refractivity contribution in [2.75, 3.05) is 20.1 Å². The molecule has 1 amide bonds. The molecule has 6 heteroatoms. The average molecular weight is 300 g/mol. The van der Waals surface area contributed by atoms with Crippen molar-refractivity contribution in [3.63, 3.8) is 0 Å². The molecule has 1 atom stereocenters. The summed E-state index contributed by atoms with van der Waals surface area (Å²) < 4.78 is 36.2. The van der Waals surface area contributed by atoms with Crippen LogP contribution in [0.15, 0.2) is 24.3 Å². The van der Waals surface area contributed by atoms with Crippen LogP contribution in [-0.4, -0.2) is 37.1 Å². The number of hydrogen-bond donors (Lipinski definition) is 1. The molecule has 0 aliphatic heterocycles. The first kappa shape index (κ1) is 15.8. The summed E-state index contributed by atoms with van der Waals surface area (Å²) >= 11 is 0. The molecule has 21 heavy (non-hydrogen) atoms. The fraction of sp³-hybridized carbons (Fsp3) is 0.533. The predicted octanol–water partition coefficient (Wildman–Crippen LogP) is 2.67. The molecule has 0 spiro atoms. The van der Waals surface area contributed by atoms with E-state index < -0.39 is 12.7 Å². The fourth-order valence-corrected chi connectivity index (χ4v) is 2.74. The lowest BCUT2D eigenvalue weighted by atomic mass is 9.87. The first-order chi connectivity index (χ1) is 9.88. The third-order valence-electron chi connectivity index (χ3n) is 3.80. The number of carbonyl (C=O) groups excluding carboxylic acids is 1. The summed E-state index contributed by atoms with van der Waals surface area (Å²) in [5.74, 6) is -0.319. The number of likely N-dealkylation sites (N-methyl/N-ethyl adjacent to an activating group) is 1. The minimum atomic E-state index is -4.30. The molecule has 0 aromatic heterocycles. The zero-order chi connectivity index (χ0) is 15.5. The summed E-state index contributed by atoms with van der Waals surface area (Å²) in [7, 11) is 1.66. The van der Waals surface area contributed by atoms with Crippen LogP contribution in [0.1, 0.15) is 30.0 Å². The lowest BCUT2D eigenvalue weighted by molar-refractivity contribution is -0.135. The Morgan fingerprint density at radius 1 is 1.38 bits per heavy atom. The van der Waals surface area contributed by atoms with E-state index in [1.807, 2.05) is 24.3 Å². The van der Waals surface area contributed by atoms with E-state index in [1.54, 1.807) is 11.9 Å². The van der Waals surface area contributed by atoms with Gasteiger partial charge in [0.05, 0.1) is 19.1 Å². The molecule has 1 aliphatic rings. The smallest absolute Gasteiger partial charge is 0.338 e. The van der Waals surface area contributed by atoms with Gasteiger partial charge in [-0.25, -0.2) is 0 Å². The maximum Gasteiger partial charge on any atom is 0.401 e. The van der Waals surface area contributed by atoms with Crippen LogP contribution in [0.3, 0.4) is 0 Å². The number of nitrogens with one attached hydrogen (secondary N) is 1. The van der Waals surface area contributed by atoms with Gasteiger partial charge in [0.2, 0.25) is 5.91 Å². The number of amides is 1. The van der Waals surface area contributed by atoms with Crippen molar-refractivity contribution in [1.29, 1.82) is 0 Å². The van der Waals surface area contributed by atoms with E-state index >= 15 is 0 Å². The van der Waals surface area contributed by atoms with Gasteiger partial charge in [-0.2, -0.15) is 13.2 Å². The van der Waals surface area contributed by atoms with E-state index in [-0.39, 0.29) is 18.5 Å². The highest BCUT2D eigenvalue weighted by Gasteiger charge is 2.29. The predicted molar refractivity (Wildman–Crippen MR) is 73.8 cm³/mol. The van der Waals surface area contributed by atoms with E-state index in [9.17, 15) is 18.0 Å².